The number of esters is 1. The van der Waals surface area contributed by atoms with Crippen LogP contribution in [0.3, 0.4) is 0 Å². The highest BCUT2D eigenvalue weighted by molar-refractivity contribution is 6.14. The Morgan fingerprint density at radius 1 is 1.03 bits per heavy atom. The summed E-state index contributed by atoms with van der Waals surface area (Å²) in [6, 6.07) is 12.8. The van der Waals surface area contributed by atoms with E-state index in [0.29, 0.717) is 23.1 Å². The number of rotatable bonds is 8. The molecular formula is C23H23NO5. The zero-order valence-electron chi connectivity index (χ0n) is 16.2. The monoisotopic (exact) mass is 393 g/mol. The Morgan fingerprint density at radius 2 is 1.72 bits per heavy atom. The van der Waals surface area contributed by atoms with Crippen molar-refractivity contribution in [3.8, 4) is 5.75 Å². The van der Waals surface area contributed by atoms with E-state index in [2.05, 4.69) is 6.92 Å². The van der Waals surface area contributed by atoms with Crippen LogP contribution in [0.4, 0.5) is 0 Å². The van der Waals surface area contributed by atoms with E-state index in [9.17, 15) is 14.7 Å². The molecule has 0 unspecified atom stereocenters. The number of benzene rings is 2. The number of unbranched alkanes of at least 4 members (excludes halogenated alkanes) is 3. The molecule has 2 aromatic carbocycles. The lowest BCUT2D eigenvalue weighted by Crippen LogP contribution is -2.15. The molecule has 3 rings (SSSR count). The molecule has 0 bridgehead atoms. The van der Waals surface area contributed by atoms with Crippen LogP contribution in [0.15, 0.2) is 57.7 Å². The quantitative estimate of drug-likeness (QED) is 0.251. The standard InChI is InChI=1S/C23H23NO5/c1-2-3-4-7-14-28-22(26)16-12-10-15(11-13-16)20(24)19-21(25)17-8-5-6-9-18(17)29-23(19)27/h5-6,8-13,24-25H,2-4,7,14H2,1H3. The smallest absolute Gasteiger partial charge is 0.349 e. The number of nitrogens with one attached hydrogen (secondary N) is 1. The highest BCUT2D eigenvalue weighted by Gasteiger charge is 2.19. The molecule has 6 heteroatoms. The minimum atomic E-state index is -0.790. The number of hydrogen-bond donors (Lipinski definition) is 2. The van der Waals surface area contributed by atoms with Gasteiger partial charge in [-0.1, -0.05) is 50.5 Å². The first kappa shape index (κ1) is 20.3. The summed E-state index contributed by atoms with van der Waals surface area (Å²) in [6.07, 6.45) is 4.09. The molecule has 0 aliphatic rings. The van der Waals surface area contributed by atoms with Gasteiger partial charge in [-0.15, -0.1) is 0 Å². The topological polar surface area (TPSA) is 101 Å². The van der Waals surface area contributed by atoms with E-state index in [-0.39, 0.29) is 22.6 Å². The van der Waals surface area contributed by atoms with Gasteiger partial charge in [0.2, 0.25) is 0 Å². The Bertz CT molecular complexity index is 1080. The van der Waals surface area contributed by atoms with Crippen molar-refractivity contribution in [3.05, 3.63) is 75.6 Å². The second-order valence-corrected chi connectivity index (χ2v) is 6.76. The van der Waals surface area contributed by atoms with Gasteiger partial charge in [0.15, 0.2) is 0 Å². The molecule has 29 heavy (non-hydrogen) atoms. The number of ether oxygens (including phenoxy) is 1. The van der Waals surface area contributed by atoms with E-state index >= 15 is 0 Å². The Kier molecular flexibility index (Phi) is 6.44. The van der Waals surface area contributed by atoms with Gasteiger partial charge in [-0.05, 0) is 30.7 Å². The number of aromatic hydroxyl groups is 1. The van der Waals surface area contributed by atoms with Gasteiger partial charge in [0.25, 0.3) is 0 Å². The van der Waals surface area contributed by atoms with Crippen molar-refractivity contribution in [2.45, 2.75) is 32.6 Å². The third-order valence-electron chi connectivity index (χ3n) is 4.68. The molecule has 3 aromatic rings. The Morgan fingerprint density at radius 3 is 2.45 bits per heavy atom. The Labute approximate surface area is 168 Å². The van der Waals surface area contributed by atoms with Crippen LogP contribution in [0.25, 0.3) is 11.0 Å². The molecule has 1 aromatic heterocycles. The van der Waals surface area contributed by atoms with Gasteiger partial charge >= 0.3 is 11.6 Å². The summed E-state index contributed by atoms with van der Waals surface area (Å²) in [6.45, 7) is 2.50. The van der Waals surface area contributed by atoms with Gasteiger partial charge in [0.05, 0.1) is 23.3 Å². The van der Waals surface area contributed by atoms with Crippen molar-refractivity contribution in [1.29, 1.82) is 5.41 Å². The second-order valence-electron chi connectivity index (χ2n) is 6.76. The van der Waals surface area contributed by atoms with Crippen molar-refractivity contribution >= 4 is 22.7 Å². The fourth-order valence-corrected chi connectivity index (χ4v) is 3.05. The van der Waals surface area contributed by atoms with Crippen molar-refractivity contribution in [3.63, 3.8) is 0 Å². The van der Waals surface area contributed by atoms with Gasteiger partial charge in [0, 0.05) is 5.56 Å². The fraction of sp³-hybridized carbons (Fsp3) is 0.261. The highest BCUT2D eigenvalue weighted by atomic mass is 16.5. The average Bonchev–Trinajstić information content (AvgIpc) is 2.73. The summed E-state index contributed by atoms with van der Waals surface area (Å²) in [7, 11) is 0. The van der Waals surface area contributed by atoms with E-state index in [1.807, 2.05) is 0 Å². The summed E-state index contributed by atoms with van der Waals surface area (Å²) < 4.78 is 10.5. The van der Waals surface area contributed by atoms with Crippen LogP contribution in [0, 0.1) is 5.41 Å². The van der Waals surface area contributed by atoms with Crippen LogP contribution < -0.4 is 5.63 Å². The molecular weight excluding hydrogens is 370 g/mol. The zero-order valence-corrected chi connectivity index (χ0v) is 16.2. The van der Waals surface area contributed by atoms with E-state index < -0.39 is 11.6 Å². The molecule has 0 atom stereocenters. The first-order chi connectivity index (χ1) is 14.0. The molecule has 2 N–H and O–H groups in total. The minimum absolute atomic E-state index is 0.179. The molecule has 0 saturated carbocycles. The maximum Gasteiger partial charge on any atom is 0.349 e. The lowest BCUT2D eigenvalue weighted by Gasteiger charge is -2.09. The van der Waals surface area contributed by atoms with Gasteiger partial charge in [0.1, 0.15) is 16.9 Å². The third-order valence-corrected chi connectivity index (χ3v) is 4.68. The maximum atomic E-state index is 12.3. The van der Waals surface area contributed by atoms with Crippen molar-refractivity contribution < 1.29 is 19.1 Å². The highest BCUT2D eigenvalue weighted by Crippen LogP contribution is 2.27. The summed E-state index contributed by atoms with van der Waals surface area (Å²) in [5.41, 5.74) is -0.184. The summed E-state index contributed by atoms with van der Waals surface area (Å²) in [5.74, 6) is -0.718. The second kappa shape index (κ2) is 9.19. The van der Waals surface area contributed by atoms with Gasteiger partial charge < -0.3 is 14.3 Å². The zero-order chi connectivity index (χ0) is 20.8. The van der Waals surface area contributed by atoms with Gasteiger partial charge in [-0.25, -0.2) is 9.59 Å². The number of hydrogen-bond acceptors (Lipinski definition) is 6. The van der Waals surface area contributed by atoms with Crippen LogP contribution in [-0.2, 0) is 4.74 Å². The van der Waals surface area contributed by atoms with Crippen molar-refractivity contribution in [1.82, 2.24) is 0 Å². The van der Waals surface area contributed by atoms with Gasteiger partial charge in [-0.3, -0.25) is 5.41 Å². The predicted molar refractivity (Wildman–Crippen MR) is 111 cm³/mol. The van der Waals surface area contributed by atoms with E-state index in [0.717, 1.165) is 25.7 Å². The lowest BCUT2D eigenvalue weighted by molar-refractivity contribution is 0.0498. The molecule has 0 radical (unpaired) electrons. The SMILES string of the molecule is CCCCCCOC(=O)c1ccc(C(=N)c2c(O)c3ccccc3oc2=O)cc1. The first-order valence-corrected chi connectivity index (χ1v) is 9.64. The molecule has 0 aliphatic carbocycles. The minimum Gasteiger partial charge on any atom is -0.506 e. The van der Waals surface area contributed by atoms with Crippen LogP contribution in [0.2, 0.25) is 0 Å². The molecule has 1 heterocycles. The number of carbonyl (C=O) groups is 1. The van der Waals surface area contributed by atoms with E-state index in [4.69, 9.17) is 14.6 Å². The molecule has 0 amide bonds. The van der Waals surface area contributed by atoms with Crippen LogP contribution in [-0.4, -0.2) is 23.4 Å². The summed E-state index contributed by atoms with van der Waals surface area (Å²) in [4.78, 5) is 24.4. The van der Waals surface area contributed by atoms with Crippen molar-refractivity contribution in [2.24, 2.45) is 0 Å². The summed E-state index contributed by atoms with van der Waals surface area (Å²) >= 11 is 0. The molecule has 0 aliphatic heterocycles. The van der Waals surface area contributed by atoms with Crippen LogP contribution in [0.1, 0.15) is 54.1 Å². The molecule has 6 nitrogen and oxygen atoms in total. The van der Waals surface area contributed by atoms with E-state index in [1.54, 1.807) is 36.4 Å². The lowest BCUT2D eigenvalue weighted by atomic mass is 10.0. The maximum absolute atomic E-state index is 12.3. The molecule has 0 saturated heterocycles. The first-order valence-electron chi connectivity index (χ1n) is 9.64. The van der Waals surface area contributed by atoms with Crippen LogP contribution in [0.5, 0.6) is 5.75 Å². The summed E-state index contributed by atoms with van der Waals surface area (Å²) in [5, 5.41) is 19.2. The molecule has 0 fully saturated rings. The van der Waals surface area contributed by atoms with Crippen molar-refractivity contribution in [2.75, 3.05) is 6.61 Å². The Balaban J connectivity index is 1.77. The van der Waals surface area contributed by atoms with E-state index in [1.165, 1.54) is 12.1 Å². The predicted octanol–water partition coefficient (Wildman–Crippen LogP) is 4.65. The normalized spacial score (nSPS) is 10.8. The molecule has 150 valence electrons. The van der Waals surface area contributed by atoms with Crippen LogP contribution >= 0.6 is 0 Å². The number of para-hydroxylation sites is 1. The Hall–Kier alpha value is -3.41. The number of carbonyl (C=O) groups excluding carboxylic acids is 1. The van der Waals surface area contributed by atoms with Gasteiger partial charge in [-0.2, -0.15) is 0 Å². The number of fused-ring (bicyclic) bond motifs is 1. The third kappa shape index (κ3) is 4.54. The largest absolute Gasteiger partial charge is 0.506 e. The molecule has 0 spiro atoms. The average molecular weight is 393 g/mol. The fourth-order valence-electron chi connectivity index (χ4n) is 3.05.